The van der Waals surface area contributed by atoms with E-state index in [0.717, 1.165) is 28.4 Å². The second-order valence-electron chi connectivity index (χ2n) is 6.00. The van der Waals surface area contributed by atoms with Crippen molar-refractivity contribution in [3.8, 4) is 0 Å². The van der Waals surface area contributed by atoms with E-state index in [-0.39, 0.29) is 16.8 Å². The lowest BCUT2D eigenvalue weighted by Crippen LogP contribution is -2.27. The van der Waals surface area contributed by atoms with Gasteiger partial charge in [0.05, 0.1) is 21.6 Å². The third-order valence-electron chi connectivity index (χ3n) is 4.40. The van der Waals surface area contributed by atoms with Gasteiger partial charge in [-0.05, 0) is 47.7 Å². The quantitative estimate of drug-likeness (QED) is 0.655. The molecular weight excluding hydrogens is 350 g/mol. The third kappa shape index (κ3) is 2.48. The number of aromatic nitrogens is 2. The molecule has 0 atom stereocenters. The maximum absolute atomic E-state index is 12.7. The van der Waals surface area contributed by atoms with E-state index in [4.69, 9.17) is 0 Å². The molecule has 4 rings (SSSR count). The minimum atomic E-state index is -0.340. The van der Waals surface area contributed by atoms with E-state index in [9.17, 15) is 14.4 Å². The topological polar surface area (TPSA) is 64.3 Å². The number of carbonyl (C=O) groups is 2. The molecule has 0 aliphatic carbocycles. The highest BCUT2D eigenvalue weighted by Gasteiger charge is 2.36. The predicted molar refractivity (Wildman–Crippen MR) is 103 cm³/mol. The smallest absolute Gasteiger partial charge is 0.295 e. The lowest BCUT2D eigenvalue weighted by Gasteiger charge is -2.11. The molecule has 130 valence electrons. The molecule has 6 nitrogen and oxygen atoms in total. The van der Waals surface area contributed by atoms with Gasteiger partial charge >= 0.3 is 5.69 Å². The average Bonchev–Trinajstić information content (AvgIpc) is 3.04. The molecular formula is C19H15N3O3S. The minimum Gasteiger partial charge on any atom is -0.295 e. The van der Waals surface area contributed by atoms with Gasteiger partial charge in [0.2, 0.25) is 0 Å². The first-order valence-electron chi connectivity index (χ1n) is 7.96. The predicted octanol–water partition coefficient (Wildman–Crippen LogP) is 3.12. The van der Waals surface area contributed by atoms with Crippen molar-refractivity contribution in [3.05, 3.63) is 69.5 Å². The number of hydrogen-bond acceptors (Lipinski definition) is 4. The number of para-hydroxylation sites is 1. The minimum absolute atomic E-state index is 0.110. The lowest BCUT2D eigenvalue weighted by molar-refractivity contribution is -0.113. The van der Waals surface area contributed by atoms with Crippen LogP contribution in [0.3, 0.4) is 0 Å². The van der Waals surface area contributed by atoms with E-state index in [1.807, 2.05) is 24.3 Å². The number of carbonyl (C=O) groups excluding carboxylic acids is 2. The van der Waals surface area contributed by atoms with Gasteiger partial charge in [-0.1, -0.05) is 24.3 Å². The first-order valence-corrected chi connectivity index (χ1v) is 8.77. The van der Waals surface area contributed by atoms with Gasteiger partial charge in [-0.3, -0.25) is 18.7 Å². The van der Waals surface area contributed by atoms with Gasteiger partial charge in [-0.25, -0.2) is 9.69 Å². The number of imide groups is 1. The first kappa shape index (κ1) is 16.4. The normalized spacial score (nSPS) is 16.2. The van der Waals surface area contributed by atoms with E-state index in [1.54, 1.807) is 53.6 Å². The number of hydrogen-bond donors (Lipinski definition) is 0. The monoisotopic (exact) mass is 365 g/mol. The van der Waals surface area contributed by atoms with E-state index in [0.29, 0.717) is 10.6 Å². The summed E-state index contributed by atoms with van der Waals surface area (Å²) in [6.45, 7) is 0. The fraction of sp³-hybridized carbons (Fsp3) is 0.105. The van der Waals surface area contributed by atoms with Crippen LogP contribution in [0.4, 0.5) is 10.5 Å². The fourth-order valence-corrected chi connectivity index (χ4v) is 3.87. The maximum atomic E-state index is 12.7. The summed E-state index contributed by atoms with van der Waals surface area (Å²) in [6, 6.07) is 14.4. The number of nitrogens with zero attached hydrogens (tertiary/aromatic N) is 3. The van der Waals surface area contributed by atoms with Crippen LogP contribution in [0, 0.1) is 0 Å². The molecule has 2 heterocycles. The summed E-state index contributed by atoms with van der Waals surface area (Å²) in [5, 5.41) is -0.319. The van der Waals surface area contributed by atoms with E-state index >= 15 is 0 Å². The van der Waals surface area contributed by atoms with Crippen LogP contribution in [0.25, 0.3) is 17.1 Å². The highest BCUT2D eigenvalue weighted by molar-refractivity contribution is 8.19. The molecule has 0 radical (unpaired) electrons. The van der Waals surface area contributed by atoms with Crippen LogP contribution in [0.2, 0.25) is 0 Å². The van der Waals surface area contributed by atoms with Crippen LogP contribution in [-0.2, 0) is 18.9 Å². The molecule has 0 spiro atoms. The molecule has 1 aliphatic heterocycles. The molecule has 0 N–H and O–H groups in total. The van der Waals surface area contributed by atoms with Gasteiger partial charge in [0.15, 0.2) is 0 Å². The number of aryl methyl sites for hydroxylation is 2. The number of benzene rings is 2. The van der Waals surface area contributed by atoms with Gasteiger partial charge in [0.25, 0.3) is 11.1 Å². The molecule has 1 aromatic heterocycles. The van der Waals surface area contributed by atoms with Gasteiger partial charge in [0, 0.05) is 14.1 Å². The molecule has 0 bridgehead atoms. The fourth-order valence-electron chi connectivity index (χ4n) is 3.03. The highest BCUT2D eigenvalue weighted by Crippen LogP contribution is 2.35. The van der Waals surface area contributed by atoms with Crippen LogP contribution in [0.1, 0.15) is 5.56 Å². The van der Waals surface area contributed by atoms with Crippen molar-refractivity contribution in [2.45, 2.75) is 0 Å². The first-order chi connectivity index (χ1) is 12.5. The zero-order valence-corrected chi connectivity index (χ0v) is 15.0. The Morgan fingerprint density at radius 3 is 2.31 bits per heavy atom. The Hall–Kier alpha value is -3.06. The summed E-state index contributed by atoms with van der Waals surface area (Å²) in [6.07, 6.45) is 1.69. The number of fused-ring (bicyclic) bond motifs is 1. The van der Waals surface area contributed by atoms with E-state index in [1.165, 1.54) is 4.90 Å². The van der Waals surface area contributed by atoms with E-state index in [2.05, 4.69) is 0 Å². The second-order valence-corrected chi connectivity index (χ2v) is 6.99. The second kappa shape index (κ2) is 6.03. The summed E-state index contributed by atoms with van der Waals surface area (Å²) < 4.78 is 3.13. The van der Waals surface area contributed by atoms with Crippen molar-refractivity contribution in [2.24, 2.45) is 14.1 Å². The summed E-state index contributed by atoms with van der Waals surface area (Å²) in [5.74, 6) is -0.340. The number of amides is 2. The Morgan fingerprint density at radius 2 is 1.58 bits per heavy atom. The van der Waals surface area contributed by atoms with Crippen molar-refractivity contribution in [1.82, 2.24) is 9.13 Å². The number of imidazole rings is 1. The summed E-state index contributed by atoms with van der Waals surface area (Å²) in [5.41, 5.74) is 2.79. The maximum Gasteiger partial charge on any atom is 0.328 e. The summed E-state index contributed by atoms with van der Waals surface area (Å²) in [4.78, 5) is 38.5. The zero-order chi connectivity index (χ0) is 18.4. The van der Waals surface area contributed by atoms with E-state index < -0.39 is 0 Å². The Bertz CT molecular complexity index is 1140. The average molecular weight is 365 g/mol. The van der Waals surface area contributed by atoms with Crippen LogP contribution in [0.5, 0.6) is 0 Å². The standard InChI is InChI=1S/C19H15N3O3S/c1-20-14-9-8-12(10-15(14)21(2)18(20)24)11-16-17(23)22(19(25)26-16)13-6-4-3-5-7-13/h3-11H,1-2H3. The molecule has 1 fully saturated rings. The van der Waals surface area contributed by atoms with Gasteiger partial charge in [-0.15, -0.1) is 0 Å². The number of rotatable bonds is 2. The summed E-state index contributed by atoms with van der Waals surface area (Å²) >= 11 is 0.914. The molecule has 1 aliphatic rings. The molecule has 2 amide bonds. The van der Waals surface area contributed by atoms with Gasteiger partial charge in [0.1, 0.15) is 0 Å². The van der Waals surface area contributed by atoms with Crippen LogP contribution in [0.15, 0.2) is 58.2 Å². The van der Waals surface area contributed by atoms with Crippen molar-refractivity contribution < 1.29 is 9.59 Å². The molecule has 7 heteroatoms. The molecule has 0 saturated carbocycles. The molecule has 26 heavy (non-hydrogen) atoms. The molecule has 1 saturated heterocycles. The SMILES string of the molecule is Cn1c(=O)n(C)c2cc(C=C3SC(=O)N(c4ccccc4)C3=O)ccc21. The lowest BCUT2D eigenvalue weighted by atomic mass is 10.1. The zero-order valence-electron chi connectivity index (χ0n) is 14.2. The molecule has 2 aromatic carbocycles. The van der Waals surface area contributed by atoms with Crippen LogP contribution >= 0.6 is 11.8 Å². The Morgan fingerprint density at radius 1 is 0.885 bits per heavy atom. The molecule has 3 aromatic rings. The Kier molecular flexibility index (Phi) is 3.81. The number of thioether (sulfide) groups is 1. The third-order valence-corrected chi connectivity index (χ3v) is 5.27. The van der Waals surface area contributed by atoms with Gasteiger partial charge < -0.3 is 0 Å². The van der Waals surface area contributed by atoms with Crippen molar-refractivity contribution in [2.75, 3.05) is 4.90 Å². The Labute approximate surface area is 153 Å². The van der Waals surface area contributed by atoms with Crippen molar-refractivity contribution in [3.63, 3.8) is 0 Å². The highest BCUT2D eigenvalue weighted by atomic mass is 32.2. The van der Waals surface area contributed by atoms with Crippen molar-refractivity contribution in [1.29, 1.82) is 0 Å². The van der Waals surface area contributed by atoms with Crippen LogP contribution in [-0.4, -0.2) is 20.3 Å². The van der Waals surface area contributed by atoms with Crippen LogP contribution < -0.4 is 10.6 Å². The van der Waals surface area contributed by atoms with Crippen molar-refractivity contribution >= 4 is 45.7 Å². The molecule has 0 unspecified atom stereocenters. The Balaban J connectivity index is 1.74. The summed E-state index contributed by atoms with van der Waals surface area (Å²) in [7, 11) is 3.42. The van der Waals surface area contributed by atoms with Gasteiger partial charge in [-0.2, -0.15) is 0 Å². The number of anilines is 1. The largest absolute Gasteiger partial charge is 0.328 e.